The van der Waals surface area contributed by atoms with E-state index >= 15 is 0 Å². The van der Waals surface area contributed by atoms with Crippen LogP contribution in [-0.2, 0) is 46.8 Å². The summed E-state index contributed by atoms with van der Waals surface area (Å²) in [4.78, 5) is 27.4. The molecule has 0 bridgehead atoms. The number of ether oxygens (including phenoxy) is 5. The molecular weight excluding hydrogens is 984 g/mol. The third kappa shape index (κ3) is 32.0. The molecule has 2 aliphatic rings. The molecule has 0 aromatic carbocycles. The van der Waals surface area contributed by atoms with Crippen LogP contribution in [0.1, 0.15) is 248 Å². The second-order valence-electron chi connectivity index (χ2n) is 20.9. The standard InChI is InChI=1S/C55H102O16S.CH4.Na/c1-6-8-10-12-14-16-18-20-21-22-24-25-27-29-31-33-35-41(3)37-42(4)38-43(5)53(62)67-50-48(60)45(40-57)65-55(68-54-51(69-72-71-70-63)49(61)47(59)44(39-56)64-54)52(50)66-46(58)36-34-32-30-28-26-23-19-17-15-13-11-9-7-2;;/h38,41-42,44-45,47-52,54-57,59-61,63H,6-37,39-40H2,1-5H3;1H4;/q;;+1/p-1/b43-38+;;/t41-,42-,44?,45?,47?,48?,49?,50?,51?,52?,54?,55?;;/m0../s1. The summed E-state index contributed by atoms with van der Waals surface area (Å²) >= 11 is 0.00132. The van der Waals surface area contributed by atoms with Crippen molar-refractivity contribution in [2.45, 2.75) is 309 Å². The zero-order valence-electron chi connectivity index (χ0n) is 46.2. The molecule has 0 aromatic rings. The van der Waals surface area contributed by atoms with Crippen LogP contribution in [0.4, 0.5) is 0 Å². The van der Waals surface area contributed by atoms with Crippen LogP contribution in [0.3, 0.4) is 0 Å². The summed E-state index contributed by atoms with van der Waals surface area (Å²) in [5.41, 5.74) is 0.274. The van der Waals surface area contributed by atoms with Crippen LogP contribution in [0.25, 0.3) is 0 Å². The van der Waals surface area contributed by atoms with Gasteiger partial charge >= 0.3 is 41.5 Å². The molecule has 0 amide bonds. The van der Waals surface area contributed by atoms with Crippen LogP contribution in [0.5, 0.6) is 0 Å². The summed E-state index contributed by atoms with van der Waals surface area (Å²) in [6.45, 7) is 8.84. The number of unbranched alkanes of at least 4 members (excludes halogenated alkanes) is 27. The maximum atomic E-state index is 13.8. The van der Waals surface area contributed by atoms with Gasteiger partial charge in [-0.2, -0.15) is 0 Å². The van der Waals surface area contributed by atoms with E-state index in [9.17, 15) is 40.4 Å². The molecule has 0 radical (unpaired) electrons. The van der Waals surface area contributed by atoms with Crippen molar-refractivity contribution >= 4 is 24.3 Å². The van der Waals surface area contributed by atoms with Gasteiger partial charge in [-0.1, -0.05) is 227 Å². The van der Waals surface area contributed by atoms with Crippen LogP contribution in [0.15, 0.2) is 11.6 Å². The zero-order valence-corrected chi connectivity index (χ0v) is 49.0. The Balaban J connectivity index is 0.0000266. The van der Waals surface area contributed by atoms with Crippen LogP contribution >= 0.6 is 12.3 Å². The SMILES string of the molecule is C.CCCCCCCCCCCCCCCCCC[C@H](C)C[C@H](C)/C=C(\C)C(=O)OC1C(O)C(CO)OC(OC2OC(CO)C(O)C(O)C2OSOO[O-])C1OC(=O)CCCCCCCCCCCCCCC.[Na+]. The number of aliphatic hydroxyl groups excluding tert-OH is 5. The van der Waals surface area contributed by atoms with E-state index < -0.39 is 86.6 Å². The fourth-order valence-electron chi connectivity index (χ4n) is 9.95. The van der Waals surface area contributed by atoms with Gasteiger partial charge in [0.25, 0.3) is 0 Å². The topological polar surface area (TPSA) is 232 Å². The Hall–Kier alpha value is -0.450. The van der Waals surface area contributed by atoms with Gasteiger partial charge < -0.3 is 54.5 Å². The van der Waals surface area contributed by atoms with Gasteiger partial charge in [0, 0.05) is 12.0 Å². The summed E-state index contributed by atoms with van der Waals surface area (Å²) in [5.74, 6) is -1.01. The summed E-state index contributed by atoms with van der Waals surface area (Å²) in [5, 5.41) is 67.0. The molecule has 2 rings (SSSR count). The smallest absolute Gasteiger partial charge is 0.691 e. The number of allylic oxidation sites excluding steroid dienone is 1. The van der Waals surface area contributed by atoms with Crippen LogP contribution in [-0.4, -0.2) is 112 Å². The quantitative estimate of drug-likeness (QED) is 0.00742. The van der Waals surface area contributed by atoms with Gasteiger partial charge in [0.05, 0.1) is 13.2 Å². The van der Waals surface area contributed by atoms with Gasteiger partial charge in [-0.25, -0.2) is 4.79 Å². The molecule has 18 heteroatoms. The van der Waals surface area contributed by atoms with E-state index in [2.05, 4.69) is 30.1 Å². The molecule has 0 aromatic heterocycles. The van der Waals surface area contributed by atoms with Crippen LogP contribution in [0, 0.1) is 11.8 Å². The molecule has 2 aliphatic heterocycles. The Labute approximate surface area is 474 Å². The molecule has 2 saturated heterocycles. The Morgan fingerprint density at radius 2 is 1.01 bits per heavy atom. The minimum Gasteiger partial charge on any atom is -0.691 e. The van der Waals surface area contributed by atoms with Crippen molar-refractivity contribution in [3.05, 3.63) is 11.6 Å². The number of esters is 2. The number of carbonyl (C=O) groups excluding carboxylic acids is 2. The first-order valence-corrected chi connectivity index (χ1v) is 29.2. The van der Waals surface area contributed by atoms with Crippen molar-refractivity contribution in [3.8, 4) is 0 Å². The molecule has 0 spiro atoms. The molecule has 12 atom stereocenters. The number of hydrogen-bond acceptors (Lipinski definition) is 17. The van der Waals surface area contributed by atoms with Gasteiger partial charge in [-0.15, -0.1) is 4.33 Å². The monoisotopic (exact) mass is 1090 g/mol. The van der Waals surface area contributed by atoms with E-state index in [1.165, 1.54) is 148 Å². The first-order chi connectivity index (χ1) is 34.9. The van der Waals surface area contributed by atoms with Crippen LogP contribution < -0.4 is 34.8 Å². The molecule has 0 saturated carbocycles. The van der Waals surface area contributed by atoms with E-state index in [0.29, 0.717) is 12.3 Å². The first kappa shape index (κ1) is 73.5. The third-order valence-electron chi connectivity index (χ3n) is 14.3. The fourth-order valence-corrected chi connectivity index (χ4v) is 10.3. The Kier molecular flexibility index (Phi) is 47.1. The number of hydrogen-bond donors (Lipinski definition) is 5. The van der Waals surface area contributed by atoms with Gasteiger partial charge in [0.1, 0.15) is 30.5 Å². The van der Waals surface area contributed by atoms with Crippen molar-refractivity contribution < 1.29 is 107 Å². The Bertz CT molecular complexity index is 1370. The normalized spacial score (nSPS) is 24.9. The summed E-state index contributed by atoms with van der Waals surface area (Å²) < 4.78 is 39.0. The second kappa shape index (κ2) is 47.4. The third-order valence-corrected chi connectivity index (χ3v) is 14.7. The largest absolute Gasteiger partial charge is 1.00 e. The molecule has 432 valence electrons. The molecule has 5 N–H and O–H groups in total. The van der Waals surface area contributed by atoms with Crippen molar-refractivity contribution in [2.24, 2.45) is 11.8 Å². The van der Waals surface area contributed by atoms with Crippen LogP contribution in [0.2, 0.25) is 0 Å². The fraction of sp³-hybridized carbons (Fsp3) is 0.929. The van der Waals surface area contributed by atoms with Gasteiger partial charge in [-0.3, -0.25) is 14.0 Å². The molecule has 74 heavy (non-hydrogen) atoms. The minimum atomic E-state index is -1.79. The summed E-state index contributed by atoms with van der Waals surface area (Å²) in [7, 11) is 0. The molecule has 2 fully saturated rings. The predicted octanol–water partition coefficient (Wildman–Crippen LogP) is 7.90. The average Bonchev–Trinajstić information content (AvgIpc) is 3.36. The van der Waals surface area contributed by atoms with E-state index in [1.54, 1.807) is 6.92 Å². The van der Waals surface area contributed by atoms with Gasteiger partial charge in [0.2, 0.25) is 6.29 Å². The molecule has 0 aliphatic carbocycles. The molecule has 10 unspecified atom stereocenters. The molecule has 2 heterocycles. The second-order valence-corrected chi connectivity index (χ2v) is 21.4. The zero-order chi connectivity index (χ0) is 52.8. The van der Waals surface area contributed by atoms with Gasteiger partial charge in [0.15, 0.2) is 36.9 Å². The Morgan fingerprint density at radius 3 is 1.46 bits per heavy atom. The van der Waals surface area contributed by atoms with E-state index in [0.717, 1.165) is 44.9 Å². The summed E-state index contributed by atoms with van der Waals surface area (Å²) in [6, 6.07) is 0. The Morgan fingerprint density at radius 1 is 0.595 bits per heavy atom. The maximum absolute atomic E-state index is 13.8. The van der Waals surface area contributed by atoms with Crippen molar-refractivity contribution in [1.29, 1.82) is 0 Å². The number of rotatable bonds is 45. The van der Waals surface area contributed by atoms with Crippen molar-refractivity contribution in [2.75, 3.05) is 13.2 Å². The summed E-state index contributed by atoms with van der Waals surface area (Å²) in [6.07, 6.45) is 23.3. The molecular formula is C56H105NaO16S. The van der Waals surface area contributed by atoms with Crippen molar-refractivity contribution in [1.82, 2.24) is 0 Å². The van der Waals surface area contributed by atoms with E-state index in [1.807, 2.05) is 13.0 Å². The van der Waals surface area contributed by atoms with Gasteiger partial charge in [-0.05, 0) is 31.6 Å². The average molecular weight is 1090 g/mol. The minimum absolute atomic E-state index is 0. The maximum Gasteiger partial charge on any atom is 1.00 e. The number of carbonyl (C=O) groups is 2. The van der Waals surface area contributed by atoms with E-state index in [4.69, 9.17) is 27.9 Å². The van der Waals surface area contributed by atoms with Crippen molar-refractivity contribution in [3.63, 3.8) is 0 Å². The van der Waals surface area contributed by atoms with E-state index in [-0.39, 0.29) is 67.2 Å². The first-order valence-electron chi connectivity index (χ1n) is 28.5. The number of aliphatic hydroxyl groups is 5. The predicted molar refractivity (Wildman–Crippen MR) is 283 cm³/mol. The molecule has 16 nitrogen and oxygen atoms in total.